The highest BCUT2D eigenvalue weighted by atomic mass is 28.4. The van der Waals surface area contributed by atoms with Gasteiger partial charge < -0.3 is 24.4 Å². The minimum atomic E-state index is -3.07. The van der Waals surface area contributed by atoms with Crippen molar-refractivity contribution in [3.8, 4) is 0 Å². The molecule has 9 nitrogen and oxygen atoms in total. The molecule has 7 rings (SSSR count). The molecule has 2 N–H and O–H groups in total. The first-order valence-electron chi connectivity index (χ1n) is 17.2. The van der Waals surface area contributed by atoms with Gasteiger partial charge in [0.1, 0.15) is 0 Å². The molecule has 258 valence electrons. The zero-order valence-corrected chi connectivity index (χ0v) is 29.6. The Morgan fingerprint density at radius 1 is 0.960 bits per heavy atom. The number of rotatable bonds is 9. The van der Waals surface area contributed by atoms with Gasteiger partial charge in [0.2, 0.25) is 12.3 Å². The quantitative estimate of drug-likeness (QED) is 0.173. The first kappa shape index (κ1) is 33.9. The van der Waals surface area contributed by atoms with Crippen LogP contribution >= 0.6 is 0 Å². The van der Waals surface area contributed by atoms with Crippen LogP contribution in [0.15, 0.2) is 103 Å². The number of carbonyl (C=O) groups is 3. The molecule has 0 aromatic heterocycles. The summed E-state index contributed by atoms with van der Waals surface area (Å²) < 4.78 is 7.01. The molecule has 4 aromatic carbocycles. The average Bonchev–Trinajstić information content (AvgIpc) is 3.54. The SMILES string of the molecule is C[C@H]1[C@H]([Si](C)(C)O)[C@@H](CC(=O)N2Cc3ccccc3C[C@H]2CO)O[C@]12C(=O)N(Cc1ccccc1)c1ccc(N(C=O)c3ccccc3)cc12. The summed E-state index contributed by atoms with van der Waals surface area (Å²) in [4.78, 5) is 58.5. The van der Waals surface area contributed by atoms with Gasteiger partial charge >= 0.3 is 0 Å². The van der Waals surface area contributed by atoms with E-state index < -0.39 is 31.5 Å². The maximum atomic E-state index is 15.0. The van der Waals surface area contributed by atoms with Crippen LogP contribution in [0.5, 0.6) is 0 Å². The summed E-state index contributed by atoms with van der Waals surface area (Å²) in [6, 6.07) is 32.1. The predicted molar refractivity (Wildman–Crippen MR) is 194 cm³/mol. The van der Waals surface area contributed by atoms with Crippen LogP contribution in [0.4, 0.5) is 17.1 Å². The van der Waals surface area contributed by atoms with Crippen LogP contribution < -0.4 is 9.80 Å². The van der Waals surface area contributed by atoms with Gasteiger partial charge in [-0.15, -0.1) is 0 Å². The van der Waals surface area contributed by atoms with Gasteiger partial charge in [0, 0.05) is 34.9 Å². The van der Waals surface area contributed by atoms with Crippen molar-refractivity contribution >= 4 is 43.6 Å². The molecule has 4 aromatic rings. The lowest BCUT2D eigenvalue weighted by Gasteiger charge is -2.37. The van der Waals surface area contributed by atoms with Crippen LogP contribution in [0.25, 0.3) is 0 Å². The number of fused-ring (bicyclic) bond motifs is 3. The Bertz CT molecular complexity index is 1900. The second kappa shape index (κ2) is 13.3. The largest absolute Gasteiger partial charge is 0.432 e. The molecular formula is C40H43N3O6Si. The molecule has 50 heavy (non-hydrogen) atoms. The third kappa shape index (κ3) is 5.75. The summed E-state index contributed by atoms with van der Waals surface area (Å²) >= 11 is 0. The highest BCUT2D eigenvalue weighted by Gasteiger charge is 2.66. The summed E-state index contributed by atoms with van der Waals surface area (Å²) in [6.45, 7) is 6.12. The van der Waals surface area contributed by atoms with E-state index in [4.69, 9.17) is 4.74 Å². The summed E-state index contributed by atoms with van der Waals surface area (Å²) in [5, 5.41) is 10.3. The standard InChI is InChI=1S/C40H43N3O6Si/c1-27-38(50(2,3)48)36(22-37(46)41-24-30-15-11-10-14-29(30)20-33(41)25-44)49-40(27)34-21-32(43(26-45)31-16-8-5-9-17-31)18-19-35(34)42(39(40)47)23-28-12-6-4-7-13-28/h4-19,21,26-27,33,36,38,44,48H,20,22-25H2,1-3H3/t27-,33-,36+,38-,40+/m0/s1. The minimum absolute atomic E-state index is 0.0438. The van der Waals surface area contributed by atoms with Gasteiger partial charge in [-0.3, -0.25) is 19.3 Å². The predicted octanol–water partition coefficient (Wildman–Crippen LogP) is 5.66. The Morgan fingerprint density at radius 3 is 2.28 bits per heavy atom. The number of aliphatic hydroxyl groups excluding tert-OH is 1. The molecule has 10 heteroatoms. The third-order valence-corrected chi connectivity index (χ3v) is 13.3. The van der Waals surface area contributed by atoms with Crippen molar-refractivity contribution in [3.05, 3.63) is 125 Å². The van der Waals surface area contributed by atoms with Crippen LogP contribution in [0, 0.1) is 5.92 Å². The van der Waals surface area contributed by atoms with E-state index in [1.807, 2.05) is 123 Å². The number of carbonyl (C=O) groups excluding carboxylic acids is 3. The maximum absolute atomic E-state index is 15.0. The van der Waals surface area contributed by atoms with Crippen LogP contribution in [-0.4, -0.2) is 60.1 Å². The number of nitrogens with zero attached hydrogens (tertiary/aromatic N) is 3. The van der Waals surface area contributed by atoms with Crippen LogP contribution in [0.1, 0.15) is 35.6 Å². The van der Waals surface area contributed by atoms with Gasteiger partial charge in [-0.1, -0.05) is 79.7 Å². The number of hydrogen-bond donors (Lipinski definition) is 2. The summed E-state index contributed by atoms with van der Waals surface area (Å²) in [5.41, 5.74) is 3.66. The number of ether oxygens (including phenoxy) is 1. The summed E-state index contributed by atoms with van der Waals surface area (Å²) in [7, 11) is -3.07. The Morgan fingerprint density at radius 2 is 1.62 bits per heavy atom. The van der Waals surface area contributed by atoms with Crippen LogP contribution in [-0.2, 0) is 44.2 Å². The molecule has 0 aliphatic carbocycles. The number of aliphatic hydroxyl groups is 1. The topological polar surface area (TPSA) is 111 Å². The molecule has 3 aliphatic rings. The zero-order chi connectivity index (χ0) is 35.2. The molecule has 5 atom stereocenters. The molecule has 1 spiro atoms. The molecule has 3 aliphatic heterocycles. The van der Waals surface area contributed by atoms with E-state index in [0.29, 0.717) is 42.1 Å². The molecular weight excluding hydrogens is 647 g/mol. The smallest absolute Gasteiger partial charge is 0.264 e. The van der Waals surface area contributed by atoms with E-state index in [-0.39, 0.29) is 30.9 Å². The zero-order valence-electron chi connectivity index (χ0n) is 28.6. The normalized spacial score (nSPS) is 24.3. The maximum Gasteiger partial charge on any atom is 0.264 e. The highest BCUT2D eigenvalue weighted by molar-refractivity contribution is 6.71. The molecule has 3 heterocycles. The van der Waals surface area contributed by atoms with Crippen molar-refractivity contribution in [2.24, 2.45) is 5.92 Å². The molecule has 0 saturated carbocycles. The molecule has 0 bridgehead atoms. The lowest BCUT2D eigenvalue weighted by Crippen LogP contribution is -2.48. The Balaban J connectivity index is 1.30. The van der Waals surface area contributed by atoms with Crippen LogP contribution in [0.2, 0.25) is 18.6 Å². The second-order valence-corrected chi connectivity index (χ2v) is 18.3. The van der Waals surface area contributed by atoms with E-state index in [1.54, 1.807) is 9.80 Å². The highest BCUT2D eigenvalue weighted by Crippen LogP contribution is 2.60. The second-order valence-electron chi connectivity index (χ2n) is 14.3. The van der Waals surface area contributed by atoms with E-state index in [0.717, 1.165) is 23.1 Å². The lowest BCUT2D eigenvalue weighted by molar-refractivity contribution is -0.151. The van der Waals surface area contributed by atoms with Gasteiger partial charge in [0.05, 0.1) is 37.4 Å². The molecule has 0 radical (unpaired) electrons. The number of para-hydroxylation sites is 1. The fraction of sp³-hybridized carbons (Fsp3) is 0.325. The molecule has 3 amide bonds. The minimum Gasteiger partial charge on any atom is -0.432 e. The molecule has 1 saturated heterocycles. The van der Waals surface area contributed by atoms with Crippen molar-refractivity contribution in [3.63, 3.8) is 0 Å². The average molecular weight is 690 g/mol. The molecule has 0 unspecified atom stereocenters. The van der Waals surface area contributed by atoms with Gasteiger partial charge in [-0.05, 0) is 66.5 Å². The van der Waals surface area contributed by atoms with Crippen molar-refractivity contribution in [2.45, 2.75) is 69.2 Å². The molecule has 1 fully saturated rings. The monoisotopic (exact) mass is 689 g/mol. The van der Waals surface area contributed by atoms with Gasteiger partial charge in [-0.2, -0.15) is 0 Å². The fourth-order valence-corrected chi connectivity index (χ4v) is 11.1. The van der Waals surface area contributed by atoms with E-state index in [9.17, 15) is 24.3 Å². The van der Waals surface area contributed by atoms with Gasteiger partial charge in [0.25, 0.3) is 5.91 Å². The number of hydrogen-bond acceptors (Lipinski definition) is 6. The third-order valence-electron chi connectivity index (χ3n) is 10.8. The van der Waals surface area contributed by atoms with Crippen molar-refractivity contribution in [2.75, 3.05) is 16.4 Å². The van der Waals surface area contributed by atoms with Crippen molar-refractivity contribution in [1.29, 1.82) is 0 Å². The summed E-state index contributed by atoms with van der Waals surface area (Å²) in [6.07, 6.45) is 0.502. The first-order valence-corrected chi connectivity index (χ1v) is 20.3. The van der Waals surface area contributed by atoms with E-state index >= 15 is 0 Å². The van der Waals surface area contributed by atoms with E-state index in [2.05, 4.69) is 0 Å². The van der Waals surface area contributed by atoms with Crippen LogP contribution in [0.3, 0.4) is 0 Å². The number of benzene rings is 4. The van der Waals surface area contributed by atoms with Crippen molar-refractivity contribution < 1.29 is 29.0 Å². The first-order chi connectivity index (χ1) is 24.1. The number of anilines is 3. The fourth-order valence-electron chi connectivity index (χ4n) is 8.53. The Kier molecular flexibility index (Phi) is 8.98. The van der Waals surface area contributed by atoms with Crippen molar-refractivity contribution in [1.82, 2.24) is 4.90 Å². The number of amides is 3. The van der Waals surface area contributed by atoms with Gasteiger partial charge in [0.15, 0.2) is 13.9 Å². The lowest BCUT2D eigenvalue weighted by atomic mass is 9.82. The Hall–Kier alpha value is -4.61. The van der Waals surface area contributed by atoms with Gasteiger partial charge in [-0.25, -0.2) is 0 Å². The summed E-state index contributed by atoms with van der Waals surface area (Å²) in [5.74, 6) is -0.934. The van der Waals surface area contributed by atoms with E-state index in [1.165, 1.54) is 4.90 Å². The Labute approximate surface area is 293 Å².